The second kappa shape index (κ2) is 8.66. The minimum absolute atomic E-state index is 0.000846. The van der Waals surface area contributed by atoms with Crippen molar-refractivity contribution in [2.75, 3.05) is 39.1 Å². The van der Waals surface area contributed by atoms with Crippen LogP contribution in [0.25, 0.3) is 16.7 Å². The van der Waals surface area contributed by atoms with Crippen molar-refractivity contribution in [3.63, 3.8) is 0 Å². The summed E-state index contributed by atoms with van der Waals surface area (Å²) in [5.41, 5.74) is 0.705. The zero-order chi connectivity index (χ0) is 23.2. The van der Waals surface area contributed by atoms with Crippen molar-refractivity contribution in [3.05, 3.63) is 42.6 Å². The number of hydrogen-bond donors (Lipinski definition) is 0. The van der Waals surface area contributed by atoms with E-state index in [0.29, 0.717) is 30.1 Å². The number of ether oxygens (including phenoxy) is 2. The molecular formula is C23H27FN4O4S. The van der Waals surface area contributed by atoms with Gasteiger partial charge in [0.25, 0.3) is 0 Å². The maximum absolute atomic E-state index is 14.8. The first-order valence-corrected chi connectivity index (χ1v) is 13.0. The van der Waals surface area contributed by atoms with Crippen molar-refractivity contribution < 1.29 is 22.3 Å². The molecule has 8 nitrogen and oxygen atoms in total. The summed E-state index contributed by atoms with van der Waals surface area (Å²) in [6.07, 6.45) is 5.28. The van der Waals surface area contributed by atoms with E-state index in [1.165, 1.54) is 18.5 Å². The Bertz CT molecular complexity index is 1260. The topological polar surface area (TPSA) is 86.6 Å². The van der Waals surface area contributed by atoms with Crippen LogP contribution in [0.5, 0.6) is 5.88 Å². The van der Waals surface area contributed by atoms with Crippen molar-refractivity contribution in [2.45, 2.75) is 24.3 Å². The zero-order valence-electron chi connectivity index (χ0n) is 18.6. The smallest absolute Gasteiger partial charge is 0.226 e. The first kappa shape index (κ1) is 22.2. The van der Waals surface area contributed by atoms with E-state index in [0.717, 1.165) is 38.4 Å². The van der Waals surface area contributed by atoms with Gasteiger partial charge in [-0.2, -0.15) is 0 Å². The number of benzene rings is 1. The van der Waals surface area contributed by atoms with Crippen LogP contribution in [0.2, 0.25) is 0 Å². The molecule has 0 amide bonds. The second-order valence-electron chi connectivity index (χ2n) is 8.89. The van der Waals surface area contributed by atoms with E-state index in [9.17, 15) is 12.8 Å². The number of rotatable bonds is 6. The Labute approximate surface area is 192 Å². The van der Waals surface area contributed by atoms with Gasteiger partial charge in [-0.3, -0.25) is 4.57 Å². The summed E-state index contributed by atoms with van der Waals surface area (Å²) in [6.45, 7) is 6.45. The molecule has 0 radical (unpaired) electrons. The minimum Gasteiger partial charge on any atom is -0.473 e. The molecule has 2 unspecified atom stereocenters. The van der Waals surface area contributed by atoms with Crippen LogP contribution in [-0.2, 0) is 14.6 Å². The number of likely N-dealkylation sites (tertiary alicyclic amines) is 1. The summed E-state index contributed by atoms with van der Waals surface area (Å²) in [5, 5.41) is 0.680. The highest BCUT2D eigenvalue weighted by Gasteiger charge is 2.42. The summed E-state index contributed by atoms with van der Waals surface area (Å²) in [6, 6.07) is 5.66. The molecule has 3 aromatic rings. The van der Waals surface area contributed by atoms with Crippen LogP contribution in [0.4, 0.5) is 4.39 Å². The molecular weight excluding hydrogens is 447 g/mol. The van der Waals surface area contributed by atoms with Crippen LogP contribution >= 0.6 is 0 Å². The average Bonchev–Trinajstić information content (AvgIpc) is 3.18. The molecule has 1 aromatic carbocycles. The van der Waals surface area contributed by atoms with E-state index in [-0.39, 0.29) is 28.5 Å². The van der Waals surface area contributed by atoms with Crippen LogP contribution in [-0.4, -0.2) is 73.1 Å². The van der Waals surface area contributed by atoms with E-state index in [1.807, 2.05) is 0 Å². The minimum atomic E-state index is -3.50. The summed E-state index contributed by atoms with van der Waals surface area (Å²) in [5.74, 6) is 0.346. The molecule has 0 spiro atoms. The summed E-state index contributed by atoms with van der Waals surface area (Å²) >= 11 is 0. The Kier molecular flexibility index (Phi) is 5.84. The van der Waals surface area contributed by atoms with Gasteiger partial charge in [-0.15, -0.1) is 0 Å². The van der Waals surface area contributed by atoms with E-state index >= 15 is 0 Å². The average molecular weight is 475 g/mol. The van der Waals surface area contributed by atoms with Crippen LogP contribution in [0.3, 0.4) is 0 Å². The van der Waals surface area contributed by atoms with Gasteiger partial charge in [0, 0.05) is 37.4 Å². The number of piperidine rings is 1. The third-order valence-electron chi connectivity index (χ3n) is 6.42. The van der Waals surface area contributed by atoms with Crippen molar-refractivity contribution in [1.82, 2.24) is 19.4 Å². The van der Waals surface area contributed by atoms with Gasteiger partial charge in [-0.1, -0.05) is 6.92 Å². The van der Waals surface area contributed by atoms with E-state index < -0.39 is 15.7 Å². The lowest BCUT2D eigenvalue weighted by Gasteiger charge is -2.46. The lowest BCUT2D eigenvalue weighted by molar-refractivity contribution is -0.113. The van der Waals surface area contributed by atoms with E-state index in [4.69, 9.17) is 9.47 Å². The SMILES string of the molecule is CCCN1CC2COCC(C1)C2Oc1ncnc2c1ccn2-c1ccc(S(C)(=O)=O)cc1F. The summed E-state index contributed by atoms with van der Waals surface area (Å²) in [7, 11) is -3.50. The highest BCUT2D eigenvalue weighted by atomic mass is 32.2. The number of fused-ring (bicyclic) bond motifs is 3. The third kappa shape index (κ3) is 4.22. The Morgan fingerprint density at radius 3 is 2.61 bits per heavy atom. The Hall–Kier alpha value is -2.56. The van der Waals surface area contributed by atoms with Gasteiger partial charge in [0.05, 0.1) is 29.2 Å². The molecule has 2 bridgehead atoms. The second-order valence-corrected chi connectivity index (χ2v) is 10.9. The van der Waals surface area contributed by atoms with Crippen LogP contribution < -0.4 is 4.74 Å². The fraction of sp³-hybridized carbons (Fsp3) is 0.478. The highest BCUT2D eigenvalue weighted by molar-refractivity contribution is 7.90. The molecule has 5 rings (SSSR count). The standard InChI is InChI=1S/C23H27FN4O4S/c1-3-7-27-10-15-12-31-13-16(11-27)21(15)32-23-18-6-8-28(22(18)25-14-26-23)20-5-4-17(9-19(20)24)33(2,29)30/h4-6,8-9,14-16,21H,3,7,10-13H2,1-2H3. The van der Waals surface area contributed by atoms with Gasteiger partial charge in [0.1, 0.15) is 18.2 Å². The molecule has 4 heterocycles. The molecule has 0 saturated carbocycles. The Morgan fingerprint density at radius 1 is 1.18 bits per heavy atom. The van der Waals surface area contributed by atoms with E-state index in [2.05, 4.69) is 21.8 Å². The molecule has 2 aliphatic rings. The van der Waals surface area contributed by atoms with Gasteiger partial charge in [0.2, 0.25) is 5.88 Å². The number of halogens is 1. The Morgan fingerprint density at radius 2 is 1.94 bits per heavy atom. The first-order valence-electron chi connectivity index (χ1n) is 11.1. The van der Waals surface area contributed by atoms with Gasteiger partial charge in [-0.25, -0.2) is 22.8 Å². The molecule has 2 aromatic heterocycles. The van der Waals surface area contributed by atoms with Crippen molar-refractivity contribution >= 4 is 20.9 Å². The lowest BCUT2D eigenvalue weighted by Crippen LogP contribution is -2.57. The zero-order valence-corrected chi connectivity index (χ0v) is 19.5. The molecule has 2 saturated heterocycles. The Balaban J connectivity index is 1.46. The van der Waals surface area contributed by atoms with Gasteiger partial charge in [0.15, 0.2) is 15.5 Å². The third-order valence-corrected chi connectivity index (χ3v) is 7.53. The molecule has 0 N–H and O–H groups in total. The van der Waals surface area contributed by atoms with Crippen LogP contribution in [0, 0.1) is 17.7 Å². The van der Waals surface area contributed by atoms with Crippen LogP contribution in [0.15, 0.2) is 41.7 Å². The maximum Gasteiger partial charge on any atom is 0.226 e. The fourth-order valence-corrected chi connectivity index (χ4v) is 5.58. The largest absolute Gasteiger partial charge is 0.473 e. The maximum atomic E-state index is 14.8. The summed E-state index contributed by atoms with van der Waals surface area (Å²) in [4.78, 5) is 11.1. The van der Waals surface area contributed by atoms with Crippen molar-refractivity contribution in [1.29, 1.82) is 0 Å². The van der Waals surface area contributed by atoms with Gasteiger partial charge in [-0.05, 0) is 37.2 Å². The lowest BCUT2D eigenvalue weighted by atomic mass is 9.84. The number of nitrogens with zero attached hydrogens (tertiary/aromatic N) is 4. The molecule has 0 aliphatic carbocycles. The number of hydrogen-bond acceptors (Lipinski definition) is 7. The predicted molar refractivity (Wildman–Crippen MR) is 121 cm³/mol. The highest BCUT2D eigenvalue weighted by Crippen LogP contribution is 2.34. The van der Waals surface area contributed by atoms with Gasteiger partial charge >= 0.3 is 0 Å². The molecule has 2 fully saturated rings. The predicted octanol–water partition coefficient (Wildman–Crippen LogP) is 2.70. The van der Waals surface area contributed by atoms with Gasteiger partial charge < -0.3 is 14.4 Å². The monoisotopic (exact) mass is 474 g/mol. The molecule has 33 heavy (non-hydrogen) atoms. The van der Waals surface area contributed by atoms with Crippen LogP contribution in [0.1, 0.15) is 13.3 Å². The van der Waals surface area contributed by atoms with E-state index in [1.54, 1.807) is 16.8 Å². The van der Waals surface area contributed by atoms with Crippen molar-refractivity contribution in [2.24, 2.45) is 11.8 Å². The summed E-state index contributed by atoms with van der Waals surface area (Å²) < 4.78 is 52.2. The molecule has 2 aliphatic heterocycles. The quantitative estimate of drug-likeness (QED) is 0.543. The fourth-order valence-electron chi connectivity index (χ4n) is 4.95. The van der Waals surface area contributed by atoms with Crippen molar-refractivity contribution in [3.8, 4) is 11.6 Å². The molecule has 10 heteroatoms. The number of aromatic nitrogens is 3. The molecule has 2 atom stereocenters. The first-order chi connectivity index (χ1) is 15.8. The number of sulfone groups is 1. The molecule has 176 valence electrons. The normalized spacial score (nSPS) is 23.7.